The molecule has 1 aliphatic heterocycles. The van der Waals surface area contributed by atoms with Crippen molar-refractivity contribution in [3.8, 4) is 0 Å². The number of rotatable bonds is 6. The second-order valence-corrected chi connectivity index (χ2v) is 9.70. The van der Waals surface area contributed by atoms with Gasteiger partial charge in [-0.1, -0.05) is 57.9 Å². The molecule has 2 aromatic carbocycles. The Labute approximate surface area is 203 Å². The highest BCUT2D eigenvalue weighted by Crippen LogP contribution is 2.38. The van der Waals surface area contributed by atoms with Crippen molar-refractivity contribution in [2.24, 2.45) is 0 Å². The van der Waals surface area contributed by atoms with Gasteiger partial charge in [0.1, 0.15) is 11.8 Å². The number of hydrogen-bond donors (Lipinski definition) is 2. The number of halogens is 1. The van der Waals surface area contributed by atoms with E-state index in [9.17, 15) is 0 Å². The fourth-order valence-electron chi connectivity index (χ4n) is 3.71. The van der Waals surface area contributed by atoms with Crippen molar-refractivity contribution in [3.05, 3.63) is 92.4 Å². The van der Waals surface area contributed by atoms with Crippen LogP contribution in [0.2, 0.25) is 0 Å². The molecular weight excluding hydrogens is 502 g/mol. The van der Waals surface area contributed by atoms with Gasteiger partial charge in [0.25, 0.3) is 6.29 Å². The zero-order valence-electron chi connectivity index (χ0n) is 18.1. The summed E-state index contributed by atoms with van der Waals surface area (Å²) in [6.45, 7) is 4.95. The van der Waals surface area contributed by atoms with Crippen LogP contribution in [0.1, 0.15) is 28.5 Å². The zero-order chi connectivity index (χ0) is 22.9. The summed E-state index contributed by atoms with van der Waals surface area (Å²) in [5.74, 6) is 0. The lowest BCUT2D eigenvalue weighted by Gasteiger charge is -2.12. The minimum atomic E-state index is -0.511. The van der Waals surface area contributed by atoms with E-state index in [0.717, 1.165) is 23.0 Å². The van der Waals surface area contributed by atoms with Crippen molar-refractivity contribution in [3.63, 3.8) is 0 Å². The number of fused-ring (bicyclic) bond motifs is 1. The summed E-state index contributed by atoms with van der Waals surface area (Å²) in [4.78, 5) is 12.2. The molecule has 1 aliphatic rings. The first-order chi connectivity index (χ1) is 16.0. The fourth-order valence-corrected chi connectivity index (χ4v) is 4.90. The molecular formula is C24H22BrN5O2S. The number of H-pyrrole nitrogens is 1. The quantitative estimate of drug-likeness (QED) is 0.348. The van der Waals surface area contributed by atoms with Gasteiger partial charge in [0.2, 0.25) is 5.09 Å². The predicted molar refractivity (Wildman–Crippen MR) is 130 cm³/mol. The summed E-state index contributed by atoms with van der Waals surface area (Å²) >= 11 is 4.86. The van der Waals surface area contributed by atoms with Crippen LogP contribution in [-0.4, -0.2) is 19.5 Å². The van der Waals surface area contributed by atoms with E-state index in [-0.39, 0.29) is 5.49 Å². The molecule has 0 radical (unpaired) electrons. The van der Waals surface area contributed by atoms with Crippen molar-refractivity contribution in [2.75, 3.05) is 0 Å². The van der Waals surface area contributed by atoms with E-state index in [2.05, 4.69) is 57.9 Å². The Balaban J connectivity index is 1.34. The molecule has 0 amide bonds. The number of aromatic amines is 1. The van der Waals surface area contributed by atoms with E-state index in [0.29, 0.717) is 21.4 Å². The Morgan fingerprint density at radius 2 is 2.06 bits per heavy atom. The monoisotopic (exact) mass is 523 g/mol. The van der Waals surface area contributed by atoms with Crippen LogP contribution < -0.4 is 5.49 Å². The number of hydrogen-bond acceptors (Lipinski definition) is 6. The predicted octanol–water partition coefficient (Wildman–Crippen LogP) is 5.50. The average Bonchev–Trinajstić information content (AvgIpc) is 3.44. The summed E-state index contributed by atoms with van der Waals surface area (Å²) < 4.78 is 14.6. The topological polar surface area (TPSA) is 88.8 Å². The first-order valence-corrected chi connectivity index (χ1v) is 12.1. The van der Waals surface area contributed by atoms with Crippen LogP contribution in [0.15, 0.2) is 69.8 Å². The van der Waals surface area contributed by atoms with Gasteiger partial charge >= 0.3 is 0 Å². The maximum absolute atomic E-state index is 8.20. The molecule has 4 aromatic rings. The van der Waals surface area contributed by atoms with Gasteiger partial charge < -0.3 is 19.0 Å². The minimum Gasteiger partial charge on any atom is -0.454 e. The van der Waals surface area contributed by atoms with E-state index in [1.54, 1.807) is 12.6 Å². The number of nitrogens with one attached hydrogen (secondary N) is 2. The number of benzene rings is 2. The number of aromatic nitrogens is 4. The third-order valence-electron chi connectivity index (χ3n) is 5.49. The van der Waals surface area contributed by atoms with E-state index >= 15 is 0 Å². The lowest BCUT2D eigenvalue weighted by Crippen LogP contribution is -2.13. The molecule has 2 aromatic heterocycles. The van der Waals surface area contributed by atoms with Gasteiger partial charge in [-0.2, -0.15) is 0 Å². The molecule has 0 spiro atoms. The Kier molecular flexibility index (Phi) is 5.99. The molecule has 0 saturated heterocycles. The van der Waals surface area contributed by atoms with Gasteiger partial charge in [-0.3, -0.25) is 5.41 Å². The van der Waals surface area contributed by atoms with E-state index < -0.39 is 6.29 Å². The Morgan fingerprint density at radius 1 is 1.21 bits per heavy atom. The van der Waals surface area contributed by atoms with Gasteiger partial charge in [0, 0.05) is 16.6 Å². The molecule has 0 bridgehead atoms. The minimum absolute atomic E-state index is 0.163. The first kappa shape index (κ1) is 21.8. The standard InChI is InChI=1S/C24H22BrN5O2S/c1-14-7-8-15(2)16(11-14)9-10-30-13-27-21(26)20-22(30)29-24(28-20)33-19-12-31-23(32-19)17-5-3-4-6-18(17)25/h3-8,11-13,23,26H,9-10H2,1-2H3,(H,28,29). The Morgan fingerprint density at radius 3 is 2.91 bits per heavy atom. The molecule has 0 fully saturated rings. The van der Waals surface area contributed by atoms with Crippen LogP contribution in [0.5, 0.6) is 0 Å². The van der Waals surface area contributed by atoms with Crippen molar-refractivity contribution in [2.45, 2.75) is 38.3 Å². The molecule has 2 N–H and O–H groups in total. The van der Waals surface area contributed by atoms with Gasteiger partial charge in [-0.25, -0.2) is 9.97 Å². The van der Waals surface area contributed by atoms with Crippen LogP contribution in [0.25, 0.3) is 11.2 Å². The van der Waals surface area contributed by atoms with E-state index in [1.807, 2.05) is 28.8 Å². The molecule has 5 rings (SSSR count). The summed E-state index contributed by atoms with van der Waals surface area (Å²) in [6, 6.07) is 14.3. The van der Waals surface area contributed by atoms with Crippen LogP contribution in [-0.2, 0) is 22.4 Å². The van der Waals surface area contributed by atoms with Gasteiger partial charge in [-0.05, 0) is 49.2 Å². The third-order valence-corrected chi connectivity index (χ3v) is 6.99. The number of thioether (sulfide) groups is 1. The normalized spacial score (nSPS) is 15.4. The molecule has 7 nitrogen and oxygen atoms in total. The Bertz CT molecular complexity index is 1430. The van der Waals surface area contributed by atoms with Crippen molar-refractivity contribution in [1.29, 1.82) is 5.41 Å². The van der Waals surface area contributed by atoms with Gasteiger partial charge in [-0.15, -0.1) is 0 Å². The van der Waals surface area contributed by atoms with Crippen molar-refractivity contribution in [1.82, 2.24) is 19.5 Å². The summed E-state index contributed by atoms with van der Waals surface area (Å²) in [5, 5.41) is 9.42. The zero-order valence-corrected chi connectivity index (χ0v) is 20.5. The first-order valence-electron chi connectivity index (χ1n) is 10.5. The second-order valence-electron chi connectivity index (χ2n) is 7.85. The highest BCUT2D eigenvalue weighted by Gasteiger charge is 2.25. The second kappa shape index (κ2) is 9.07. The largest absolute Gasteiger partial charge is 0.454 e. The SMILES string of the molecule is Cc1ccc(C)c(CCn2cnc(=N)c3[nH]c(SC4=COC(c5ccccc5Br)O4)nc32)c1. The molecule has 0 saturated carbocycles. The molecule has 168 valence electrons. The average molecular weight is 524 g/mol. The molecule has 33 heavy (non-hydrogen) atoms. The molecule has 9 heteroatoms. The van der Waals surface area contributed by atoms with Crippen molar-refractivity contribution >= 4 is 38.9 Å². The summed E-state index contributed by atoms with van der Waals surface area (Å²) in [6.07, 6.45) is 3.62. The fraction of sp³-hybridized carbons (Fsp3) is 0.208. The molecule has 3 heterocycles. The lowest BCUT2D eigenvalue weighted by molar-refractivity contribution is -0.0278. The van der Waals surface area contributed by atoms with E-state index in [1.165, 1.54) is 28.5 Å². The van der Waals surface area contributed by atoms with Crippen LogP contribution in [0.3, 0.4) is 0 Å². The smallest absolute Gasteiger partial charge is 0.268 e. The number of aryl methyl sites for hydroxylation is 4. The summed E-state index contributed by atoms with van der Waals surface area (Å²) in [7, 11) is 0. The van der Waals surface area contributed by atoms with E-state index in [4.69, 9.17) is 19.9 Å². The van der Waals surface area contributed by atoms with Crippen LogP contribution in [0, 0.1) is 19.3 Å². The highest BCUT2D eigenvalue weighted by atomic mass is 79.9. The van der Waals surface area contributed by atoms with Crippen LogP contribution in [0.4, 0.5) is 0 Å². The molecule has 1 atom stereocenters. The maximum Gasteiger partial charge on any atom is 0.268 e. The number of imidazole rings is 1. The van der Waals surface area contributed by atoms with Gasteiger partial charge in [0.05, 0.1) is 6.33 Å². The Hall–Kier alpha value is -3.04. The summed E-state index contributed by atoms with van der Waals surface area (Å²) in [5.41, 5.74) is 6.19. The lowest BCUT2D eigenvalue weighted by atomic mass is 10.0. The highest BCUT2D eigenvalue weighted by molar-refractivity contribution is 9.10. The molecule has 1 unspecified atom stereocenters. The number of nitrogens with zero attached hydrogens (tertiary/aromatic N) is 3. The van der Waals surface area contributed by atoms with Gasteiger partial charge in [0.15, 0.2) is 16.3 Å². The van der Waals surface area contributed by atoms with Crippen LogP contribution >= 0.6 is 27.7 Å². The van der Waals surface area contributed by atoms with Crippen molar-refractivity contribution < 1.29 is 9.47 Å². The maximum atomic E-state index is 8.20. The number of ether oxygens (including phenoxy) is 2. The molecule has 0 aliphatic carbocycles. The third kappa shape index (κ3) is 4.56.